The van der Waals surface area contributed by atoms with E-state index in [0.717, 1.165) is 31.3 Å². The van der Waals surface area contributed by atoms with Crippen LogP contribution >= 0.6 is 34.8 Å². The average molecular weight is 972 g/mol. The van der Waals surface area contributed by atoms with Crippen molar-refractivity contribution in [3.8, 4) is 0 Å². The SMILES string of the molecule is C=C1C[C@H]2C[C@H]3C[C@@H](OC(=O)c4c(Cl)cc(Cl)cc4Cl)C[C@@H](C[C@@H](O)CC(=O)O[C@@H]([C@@H](C)O)C[C@@H]4C/C(=C\C(=O)OC)[C@H](OC(=O)CCCCCCC)[C@@](O)(O4)C(C)(C)/C=C/[C@@H](C1)O2)O3. The highest BCUT2D eigenvalue weighted by Gasteiger charge is 2.58. The van der Waals surface area contributed by atoms with E-state index in [9.17, 15) is 34.5 Å². The Bertz CT molecular complexity index is 1890. The van der Waals surface area contributed by atoms with Crippen LogP contribution in [0.3, 0.4) is 0 Å². The van der Waals surface area contributed by atoms with Crippen LogP contribution in [-0.2, 0) is 47.5 Å². The number of benzene rings is 1. The maximum Gasteiger partial charge on any atom is 0.341 e. The monoisotopic (exact) mass is 970 g/mol. The van der Waals surface area contributed by atoms with Crippen LogP contribution in [0.2, 0.25) is 15.1 Å². The molecular weight excluding hydrogens is 907 g/mol. The van der Waals surface area contributed by atoms with Crippen molar-refractivity contribution in [1.29, 1.82) is 0 Å². The van der Waals surface area contributed by atoms with E-state index in [4.69, 9.17) is 68.0 Å². The van der Waals surface area contributed by atoms with E-state index in [2.05, 4.69) is 13.5 Å². The van der Waals surface area contributed by atoms with Crippen molar-refractivity contribution < 1.29 is 67.7 Å². The number of cyclic esters (lactones) is 1. The zero-order valence-electron chi connectivity index (χ0n) is 37.9. The molecule has 3 fully saturated rings. The van der Waals surface area contributed by atoms with Crippen molar-refractivity contribution in [3.05, 3.63) is 68.7 Å². The summed E-state index contributed by atoms with van der Waals surface area (Å²) in [5.74, 6) is -5.24. The molecule has 3 saturated heterocycles. The number of carbonyl (C=O) groups is 4. The van der Waals surface area contributed by atoms with Gasteiger partial charge in [-0.1, -0.05) is 106 Å². The smallest absolute Gasteiger partial charge is 0.341 e. The summed E-state index contributed by atoms with van der Waals surface area (Å²) in [5.41, 5.74) is -0.290. The van der Waals surface area contributed by atoms with Crippen molar-refractivity contribution in [3.63, 3.8) is 0 Å². The fourth-order valence-electron chi connectivity index (χ4n) is 9.02. The number of aliphatic hydroxyl groups is 3. The van der Waals surface area contributed by atoms with Gasteiger partial charge in [-0.25, -0.2) is 9.59 Å². The first-order chi connectivity index (χ1) is 30.7. The Labute approximate surface area is 396 Å². The molecule has 0 saturated carbocycles. The van der Waals surface area contributed by atoms with E-state index < -0.39 is 103 Å². The Morgan fingerprint density at radius 3 is 2.25 bits per heavy atom. The molecule has 11 atom stereocenters. The molecule has 1 aromatic rings. The van der Waals surface area contributed by atoms with Crippen LogP contribution in [0.1, 0.15) is 134 Å². The van der Waals surface area contributed by atoms with Crippen LogP contribution in [0.4, 0.5) is 0 Å². The van der Waals surface area contributed by atoms with Crippen LogP contribution in [-0.4, -0.2) is 113 Å². The van der Waals surface area contributed by atoms with Gasteiger partial charge in [0.1, 0.15) is 12.2 Å². The van der Waals surface area contributed by atoms with E-state index in [0.29, 0.717) is 25.7 Å². The number of rotatable bonds is 11. The van der Waals surface area contributed by atoms with Crippen LogP contribution in [0, 0.1) is 5.41 Å². The quantitative estimate of drug-likeness (QED) is 0.0628. The molecule has 14 nitrogen and oxygen atoms in total. The van der Waals surface area contributed by atoms with Gasteiger partial charge in [0.05, 0.1) is 71.9 Å². The minimum atomic E-state index is -2.32. The van der Waals surface area contributed by atoms with Crippen molar-refractivity contribution in [1.82, 2.24) is 0 Å². The van der Waals surface area contributed by atoms with Gasteiger partial charge in [0.2, 0.25) is 5.79 Å². The second kappa shape index (κ2) is 23.8. The summed E-state index contributed by atoms with van der Waals surface area (Å²) in [6.45, 7) is 11.2. The van der Waals surface area contributed by atoms with E-state index in [1.165, 1.54) is 32.2 Å². The molecule has 1 aromatic carbocycles. The van der Waals surface area contributed by atoms with Gasteiger partial charge in [0.25, 0.3) is 0 Å². The summed E-state index contributed by atoms with van der Waals surface area (Å²) >= 11 is 18.8. The standard InChI is InChI=1S/C48H65Cl3O14/c1-7-8-9-10-11-12-41(54)64-45-29(18-42(55)59-6)17-37-26-40(28(3)52)63-43(56)22-31(53)21-34-24-36(62-46(57)44-38(50)19-30(49)20-39(44)51)25-35(61-34)23-33-16-27(2)15-32(60-33)13-14-47(4,5)48(45,58)65-37/h13-14,18-20,28,31-37,40,45,52-53,58H,2,7-12,15-17,21-26H2,1,3-6H3/b14-13+,29-18+/t28-,31-,32+,33+,34-,35+,36+,37+,40-,45+,48-/m1/s1. The number of ether oxygens (including phenoxy) is 7. The van der Waals surface area contributed by atoms with Gasteiger partial charge in [0.15, 0.2) is 6.10 Å². The molecule has 4 heterocycles. The summed E-state index contributed by atoms with van der Waals surface area (Å²) in [7, 11) is 1.20. The first-order valence-corrected chi connectivity index (χ1v) is 23.8. The van der Waals surface area contributed by atoms with Crippen LogP contribution in [0.25, 0.3) is 0 Å². The lowest BCUT2D eigenvalue weighted by Gasteiger charge is -2.51. The number of methoxy groups -OCH3 is 1. The lowest BCUT2D eigenvalue weighted by Crippen LogP contribution is -2.62. The summed E-state index contributed by atoms with van der Waals surface area (Å²) in [5, 5.41) is 35.4. The third-order valence-corrected chi connectivity index (χ3v) is 13.3. The van der Waals surface area contributed by atoms with Gasteiger partial charge in [0, 0.05) is 55.0 Å². The molecule has 0 amide bonds. The van der Waals surface area contributed by atoms with Gasteiger partial charge in [-0.15, -0.1) is 0 Å². The van der Waals surface area contributed by atoms with Gasteiger partial charge >= 0.3 is 23.9 Å². The fraction of sp³-hybridized carbons (Fsp3) is 0.667. The molecule has 0 unspecified atom stereocenters. The van der Waals surface area contributed by atoms with Crippen LogP contribution in [0.5, 0.6) is 0 Å². The van der Waals surface area contributed by atoms with Gasteiger partial charge in [-0.2, -0.15) is 0 Å². The summed E-state index contributed by atoms with van der Waals surface area (Å²) in [6, 6.07) is 2.79. The Hall–Kier alpha value is -3.05. The molecule has 6 bridgehead atoms. The number of esters is 4. The molecule has 5 rings (SSSR count). The topological polar surface area (TPSA) is 194 Å². The predicted octanol–water partition coefficient (Wildman–Crippen LogP) is 8.48. The predicted molar refractivity (Wildman–Crippen MR) is 242 cm³/mol. The molecule has 4 aliphatic heterocycles. The highest BCUT2D eigenvalue weighted by molar-refractivity contribution is 6.41. The van der Waals surface area contributed by atoms with Crippen LogP contribution < -0.4 is 0 Å². The Morgan fingerprint density at radius 1 is 0.908 bits per heavy atom. The molecule has 0 aliphatic carbocycles. The maximum absolute atomic E-state index is 13.5. The summed E-state index contributed by atoms with van der Waals surface area (Å²) in [6.07, 6.45) is 1.23. The zero-order chi connectivity index (χ0) is 47.6. The summed E-state index contributed by atoms with van der Waals surface area (Å²) < 4.78 is 42.4. The number of halogens is 3. The van der Waals surface area contributed by atoms with Crippen molar-refractivity contribution in [2.24, 2.45) is 5.41 Å². The molecule has 65 heavy (non-hydrogen) atoms. The molecule has 4 aliphatic rings. The fourth-order valence-corrected chi connectivity index (χ4v) is 9.99. The Balaban J connectivity index is 1.49. The number of fused-ring (bicyclic) bond motifs is 6. The highest BCUT2D eigenvalue weighted by atomic mass is 35.5. The largest absolute Gasteiger partial charge is 0.466 e. The molecule has 362 valence electrons. The molecule has 0 aromatic heterocycles. The third-order valence-electron chi connectivity index (χ3n) is 12.5. The Kier molecular flexibility index (Phi) is 19.4. The zero-order valence-corrected chi connectivity index (χ0v) is 40.2. The molecule has 0 radical (unpaired) electrons. The van der Waals surface area contributed by atoms with Gasteiger partial charge in [-0.3, -0.25) is 9.59 Å². The highest BCUT2D eigenvalue weighted by Crippen LogP contribution is 2.47. The van der Waals surface area contributed by atoms with E-state index in [1.807, 2.05) is 0 Å². The first-order valence-electron chi connectivity index (χ1n) is 22.7. The minimum absolute atomic E-state index is 0.0262. The van der Waals surface area contributed by atoms with Gasteiger partial charge < -0.3 is 48.5 Å². The molecule has 3 N–H and O–H groups in total. The first kappa shape index (κ1) is 52.9. The van der Waals surface area contributed by atoms with Crippen molar-refractivity contribution >= 4 is 58.7 Å². The number of unbranched alkanes of at least 4 members (excludes halogenated alkanes) is 4. The lowest BCUT2D eigenvalue weighted by molar-refractivity contribution is -0.327. The van der Waals surface area contributed by atoms with E-state index >= 15 is 0 Å². The van der Waals surface area contributed by atoms with Gasteiger partial charge in [-0.05, 0) is 50.3 Å². The average Bonchev–Trinajstić information content (AvgIpc) is 3.19. The minimum Gasteiger partial charge on any atom is -0.466 e. The van der Waals surface area contributed by atoms with E-state index in [-0.39, 0.29) is 64.7 Å². The van der Waals surface area contributed by atoms with Crippen LogP contribution in [0.15, 0.2) is 48.1 Å². The van der Waals surface area contributed by atoms with E-state index in [1.54, 1.807) is 26.0 Å². The second-order valence-electron chi connectivity index (χ2n) is 18.4. The normalized spacial score (nSPS) is 32.7. The second-order valence-corrected chi connectivity index (χ2v) is 19.7. The molecular formula is C48H65Cl3O14. The molecule has 17 heteroatoms. The number of hydrogen-bond donors (Lipinski definition) is 3. The van der Waals surface area contributed by atoms with Crippen molar-refractivity contribution in [2.75, 3.05) is 7.11 Å². The third kappa shape index (κ3) is 14.7. The lowest BCUT2D eigenvalue weighted by atomic mass is 9.74. The Morgan fingerprint density at radius 2 is 1.58 bits per heavy atom. The maximum atomic E-state index is 13.5. The number of aliphatic hydroxyl groups excluding tert-OH is 2. The van der Waals surface area contributed by atoms with Crippen molar-refractivity contribution in [2.45, 2.75) is 191 Å². The summed E-state index contributed by atoms with van der Waals surface area (Å²) in [4.78, 5) is 53.3. The molecule has 0 spiro atoms. The number of carbonyl (C=O) groups excluding carboxylic acids is 4. The number of hydrogen-bond acceptors (Lipinski definition) is 14.